The summed E-state index contributed by atoms with van der Waals surface area (Å²) < 4.78 is 34.9. The summed E-state index contributed by atoms with van der Waals surface area (Å²) in [5.41, 5.74) is 0.546. The molecule has 10 atom stereocenters. The first-order valence-electron chi connectivity index (χ1n) is 15.1. The van der Waals surface area contributed by atoms with E-state index in [4.69, 9.17) is 28.1 Å². The Morgan fingerprint density at radius 3 is 2.09 bits per heavy atom. The van der Waals surface area contributed by atoms with Crippen molar-refractivity contribution in [3.05, 3.63) is 57.8 Å². The molecular weight excluding hydrogens is 620 g/mol. The van der Waals surface area contributed by atoms with Gasteiger partial charge < -0.3 is 63.8 Å². The molecule has 2 saturated heterocycles. The van der Waals surface area contributed by atoms with Crippen LogP contribution in [-0.2, 0) is 20.6 Å². The monoisotopic (exact) mass is 660 g/mol. The van der Waals surface area contributed by atoms with Gasteiger partial charge in [-0.25, -0.2) is 0 Å². The highest BCUT2D eigenvalue weighted by Crippen LogP contribution is 2.41. The summed E-state index contributed by atoms with van der Waals surface area (Å²) >= 11 is 0. The van der Waals surface area contributed by atoms with Crippen molar-refractivity contribution < 1.29 is 63.8 Å². The van der Waals surface area contributed by atoms with Crippen molar-refractivity contribution in [2.45, 2.75) is 95.5 Å². The number of aliphatic hydroxyl groups is 5. The van der Waals surface area contributed by atoms with Gasteiger partial charge in [0.05, 0.1) is 19.3 Å². The Bertz CT molecular complexity index is 1660. The first-order valence-corrected chi connectivity index (χ1v) is 15.1. The molecule has 2 aromatic carbocycles. The molecule has 5 rings (SSSR count). The summed E-state index contributed by atoms with van der Waals surface area (Å²) in [5.74, 6) is -0.987. The second-order valence-electron chi connectivity index (χ2n) is 12.0. The van der Waals surface area contributed by atoms with Crippen LogP contribution in [0.3, 0.4) is 0 Å². The van der Waals surface area contributed by atoms with Crippen molar-refractivity contribution in [3.63, 3.8) is 0 Å². The molecule has 0 radical (unpaired) electrons. The minimum absolute atomic E-state index is 0.0929. The third kappa shape index (κ3) is 6.68. The fraction of sp³-hybridized carbons (Fsp3) is 0.485. The molecule has 0 bridgehead atoms. The minimum Gasteiger partial charge on any atom is -0.507 e. The second-order valence-corrected chi connectivity index (χ2v) is 12.0. The number of rotatable bonds is 8. The molecule has 1 aromatic heterocycles. The number of ether oxygens (including phenoxy) is 5. The second kappa shape index (κ2) is 13.8. The Labute approximate surface area is 269 Å². The van der Waals surface area contributed by atoms with Crippen LogP contribution in [0.5, 0.6) is 23.0 Å². The van der Waals surface area contributed by atoms with E-state index < -0.39 is 78.3 Å². The number of phenols is 2. The molecule has 3 aromatic rings. The maximum atomic E-state index is 14.2. The molecule has 256 valence electrons. The van der Waals surface area contributed by atoms with Crippen molar-refractivity contribution >= 4 is 11.0 Å². The van der Waals surface area contributed by atoms with E-state index in [1.54, 1.807) is 24.3 Å². The van der Waals surface area contributed by atoms with E-state index in [1.165, 1.54) is 21.0 Å². The molecule has 47 heavy (non-hydrogen) atoms. The largest absolute Gasteiger partial charge is 0.507 e. The van der Waals surface area contributed by atoms with Gasteiger partial charge in [-0.05, 0) is 58.4 Å². The molecule has 14 heteroatoms. The molecule has 0 spiro atoms. The highest BCUT2D eigenvalue weighted by atomic mass is 16.8. The molecule has 2 fully saturated rings. The Hall–Kier alpha value is -3.73. The fourth-order valence-corrected chi connectivity index (χ4v) is 5.55. The molecule has 14 nitrogen and oxygen atoms in total. The molecule has 2 aliphatic rings. The third-order valence-corrected chi connectivity index (χ3v) is 8.37. The Morgan fingerprint density at radius 2 is 1.47 bits per heavy atom. The maximum absolute atomic E-state index is 14.2. The van der Waals surface area contributed by atoms with Gasteiger partial charge in [0, 0.05) is 17.2 Å². The van der Waals surface area contributed by atoms with Crippen molar-refractivity contribution in [1.29, 1.82) is 0 Å². The third-order valence-electron chi connectivity index (χ3n) is 8.37. The maximum Gasteiger partial charge on any atom is 0.239 e. The van der Waals surface area contributed by atoms with Crippen LogP contribution in [0.25, 0.3) is 22.3 Å². The van der Waals surface area contributed by atoms with E-state index in [1.807, 2.05) is 19.9 Å². The smallest absolute Gasteiger partial charge is 0.239 e. The molecule has 2 aliphatic heterocycles. The normalized spacial score (nSPS) is 31.0. The zero-order valence-corrected chi connectivity index (χ0v) is 26.4. The first-order chi connectivity index (χ1) is 22.2. The van der Waals surface area contributed by atoms with Crippen LogP contribution < -0.4 is 14.9 Å². The van der Waals surface area contributed by atoms with Crippen LogP contribution in [0.2, 0.25) is 0 Å². The first kappa shape index (κ1) is 34.6. The number of hydrogen-bond donors (Lipinski definition) is 7. The Balaban J connectivity index is 1.65. The number of phenolic OH excluding ortho intramolecular Hbond substituents is 2. The van der Waals surface area contributed by atoms with Gasteiger partial charge in [-0.3, -0.25) is 4.79 Å². The number of fused-ring (bicyclic) bond motifs is 1. The lowest BCUT2D eigenvalue weighted by molar-refractivity contribution is -0.352. The van der Waals surface area contributed by atoms with Crippen LogP contribution in [0.1, 0.15) is 33.3 Å². The predicted molar refractivity (Wildman–Crippen MR) is 165 cm³/mol. The van der Waals surface area contributed by atoms with E-state index in [9.17, 15) is 40.5 Å². The quantitative estimate of drug-likeness (QED) is 0.170. The highest BCUT2D eigenvalue weighted by Gasteiger charge is 2.50. The van der Waals surface area contributed by atoms with E-state index >= 15 is 0 Å². The van der Waals surface area contributed by atoms with Gasteiger partial charge in [0.15, 0.2) is 18.2 Å². The van der Waals surface area contributed by atoms with Gasteiger partial charge in [0.25, 0.3) is 0 Å². The van der Waals surface area contributed by atoms with Crippen LogP contribution in [0.4, 0.5) is 0 Å². The Kier molecular flexibility index (Phi) is 10.1. The summed E-state index contributed by atoms with van der Waals surface area (Å²) in [5, 5.41) is 74.0. The minimum atomic E-state index is -1.77. The lowest BCUT2D eigenvalue weighted by Gasteiger charge is -2.45. The molecular formula is C33H40O14. The molecule has 0 aliphatic carbocycles. The number of methoxy groups -OCH3 is 1. The number of hydrogen-bond acceptors (Lipinski definition) is 14. The molecule has 0 amide bonds. The van der Waals surface area contributed by atoms with Crippen molar-refractivity contribution in [2.24, 2.45) is 0 Å². The van der Waals surface area contributed by atoms with Gasteiger partial charge >= 0.3 is 0 Å². The predicted octanol–water partition coefficient (Wildman–Crippen LogP) is 1.45. The summed E-state index contributed by atoms with van der Waals surface area (Å²) in [6.45, 7) is 6.61. The van der Waals surface area contributed by atoms with Crippen molar-refractivity contribution in [3.8, 4) is 34.3 Å². The number of aromatic hydroxyl groups is 2. The van der Waals surface area contributed by atoms with Crippen LogP contribution in [0, 0.1) is 0 Å². The zero-order valence-electron chi connectivity index (χ0n) is 26.4. The topological polar surface area (TPSA) is 218 Å². The van der Waals surface area contributed by atoms with Crippen molar-refractivity contribution in [2.75, 3.05) is 7.11 Å². The van der Waals surface area contributed by atoms with E-state index in [-0.39, 0.29) is 34.5 Å². The summed E-state index contributed by atoms with van der Waals surface area (Å²) in [7, 11) is 1.48. The molecule has 0 saturated carbocycles. The Morgan fingerprint density at radius 1 is 0.851 bits per heavy atom. The number of allylic oxidation sites excluding steroid dienone is 2. The summed E-state index contributed by atoms with van der Waals surface area (Å²) in [6, 6.07) is 7.43. The average molecular weight is 661 g/mol. The standard InChI is InChI=1S/C33H40O14/c1-13(2)6-11-18-19(34)12-20(35)21-24(38)30(28(45-29(18)21)16-7-9-17(42-5)10-8-16)46-33-31(26(40)23(37)15(4)44-33)47-32-27(41)25(39)22(36)14(3)43-32/h6-10,12,14-15,22-23,25-27,31-37,39-41H,11H2,1-5H3/t14?,15?,22-,23-,25?,26?,27-,31-,32-,33-/m0/s1. The average Bonchev–Trinajstić information content (AvgIpc) is 3.03. The van der Waals surface area contributed by atoms with Gasteiger partial charge in [0.1, 0.15) is 58.7 Å². The van der Waals surface area contributed by atoms with Crippen LogP contribution >= 0.6 is 0 Å². The summed E-state index contributed by atoms with van der Waals surface area (Å²) in [6.07, 6.45) is -13.0. The van der Waals surface area contributed by atoms with E-state index in [0.717, 1.165) is 11.6 Å². The van der Waals surface area contributed by atoms with E-state index in [2.05, 4.69) is 0 Å². The highest BCUT2D eigenvalue weighted by molar-refractivity contribution is 5.91. The lowest BCUT2D eigenvalue weighted by Crippen LogP contribution is -2.63. The van der Waals surface area contributed by atoms with Crippen LogP contribution in [-0.4, -0.2) is 104 Å². The van der Waals surface area contributed by atoms with Crippen LogP contribution in [0.15, 0.2) is 51.2 Å². The zero-order chi connectivity index (χ0) is 34.3. The molecule has 3 heterocycles. The van der Waals surface area contributed by atoms with Gasteiger partial charge in [-0.15, -0.1) is 0 Å². The van der Waals surface area contributed by atoms with Gasteiger partial charge in [0.2, 0.25) is 17.5 Å². The fourth-order valence-electron chi connectivity index (χ4n) is 5.55. The van der Waals surface area contributed by atoms with E-state index in [0.29, 0.717) is 11.3 Å². The molecule has 7 N–H and O–H groups in total. The van der Waals surface area contributed by atoms with Gasteiger partial charge in [-0.1, -0.05) is 11.6 Å². The molecule has 4 unspecified atom stereocenters. The SMILES string of the molecule is COc1ccc(-c2oc3c(CC=C(C)C)c(O)cc(O)c3c(=O)c2O[C@@H]2OC(C)[C@H](O)C(O)[C@@H]2O[C@@H]2OC(C)[C@H](O)C(O)[C@@H]2O)cc1. The number of aliphatic hydroxyl groups excluding tert-OH is 5. The summed E-state index contributed by atoms with van der Waals surface area (Å²) in [4.78, 5) is 14.2. The lowest BCUT2D eigenvalue weighted by atomic mass is 9.98. The van der Waals surface area contributed by atoms with Gasteiger partial charge in [-0.2, -0.15) is 0 Å². The van der Waals surface area contributed by atoms with Crippen molar-refractivity contribution in [1.82, 2.24) is 0 Å². The number of benzene rings is 2.